The fraction of sp³-hybridized carbons (Fsp3) is 0.692. The van der Waals surface area contributed by atoms with E-state index in [9.17, 15) is 9.59 Å². The van der Waals surface area contributed by atoms with E-state index >= 15 is 0 Å². The van der Waals surface area contributed by atoms with Gasteiger partial charge in [-0.25, -0.2) is 0 Å². The summed E-state index contributed by atoms with van der Waals surface area (Å²) >= 11 is 0. The van der Waals surface area contributed by atoms with Gasteiger partial charge in [-0.15, -0.1) is 6.42 Å². The Kier molecular flexibility index (Phi) is 3.10. The first-order valence-electron chi connectivity index (χ1n) is 6.20. The van der Waals surface area contributed by atoms with Crippen LogP contribution in [0.2, 0.25) is 0 Å². The molecule has 0 N–H and O–H groups in total. The van der Waals surface area contributed by atoms with E-state index in [1.807, 2.05) is 6.92 Å². The molecule has 0 saturated carbocycles. The van der Waals surface area contributed by atoms with E-state index in [-0.39, 0.29) is 23.9 Å². The van der Waals surface area contributed by atoms with Crippen LogP contribution in [0.25, 0.3) is 0 Å². The summed E-state index contributed by atoms with van der Waals surface area (Å²) in [4.78, 5) is 27.8. The molecule has 0 aromatic rings. The molecule has 2 fully saturated rings. The number of fused-ring (bicyclic) bond motifs is 1. The van der Waals surface area contributed by atoms with Crippen molar-refractivity contribution in [1.29, 1.82) is 0 Å². The Bertz CT molecular complexity index is 385. The Labute approximate surface area is 102 Å². The van der Waals surface area contributed by atoms with Gasteiger partial charge in [-0.2, -0.15) is 0 Å². The van der Waals surface area contributed by atoms with E-state index < -0.39 is 6.04 Å². The van der Waals surface area contributed by atoms with Crippen LogP contribution in [-0.4, -0.2) is 46.3 Å². The van der Waals surface area contributed by atoms with Crippen molar-refractivity contribution in [3.63, 3.8) is 0 Å². The van der Waals surface area contributed by atoms with Crippen molar-refractivity contribution in [1.82, 2.24) is 9.80 Å². The lowest BCUT2D eigenvalue weighted by molar-refractivity contribution is -0.160. The minimum Gasteiger partial charge on any atom is -0.329 e. The number of hydrogen-bond acceptors (Lipinski definition) is 2. The Balaban J connectivity index is 2.30. The van der Waals surface area contributed by atoms with Crippen molar-refractivity contribution in [3.05, 3.63) is 0 Å². The smallest absolute Gasteiger partial charge is 0.247 e. The molecule has 4 nitrogen and oxygen atoms in total. The number of carbonyl (C=O) groups excluding carboxylic acids is 2. The molecule has 2 heterocycles. The van der Waals surface area contributed by atoms with Gasteiger partial charge in [0.15, 0.2) is 0 Å². The largest absolute Gasteiger partial charge is 0.329 e. The maximum Gasteiger partial charge on any atom is 0.247 e. The molecule has 0 bridgehead atoms. The second kappa shape index (κ2) is 4.40. The highest BCUT2D eigenvalue weighted by Crippen LogP contribution is 2.28. The van der Waals surface area contributed by atoms with Gasteiger partial charge in [0.25, 0.3) is 0 Å². The van der Waals surface area contributed by atoms with Gasteiger partial charge in [0, 0.05) is 6.54 Å². The van der Waals surface area contributed by atoms with Gasteiger partial charge < -0.3 is 9.80 Å². The molecular weight excluding hydrogens is 216 g/mol. The molecule has 0 aliphatic carbocycles. The second-order valence-corrected chi connectivity index (χ2v) is 4.70. The number of nitrogens with zero attached hydrogens (tertiary/aromatic N) is 2. The Morgan fingerprint density at radius 3 is 2.76 bits per heavy atom. The first kappa shape index (κ1) is 12.0. The predicted octanol–water partition coefficient (Wildman–Crippen LogP) is 0.620. The number of rotatable bonds is 2. The van der Waals surface area contributed by atoms with E-state index in [4.69, 9.17) is 6.42 Å². The van der Waals surface area contributed by atoms with Crippen molar-refractivity contribution in [2.45, 2.75) is 51.2 Å². The van der Waals surface area contributed by atoms with E-state index in [1.165, 1.54) is 0 Å². The lowest BCUT2D eigenvalue weighted by atomic mass is 10.0. The van der Waals surface area contributed by atoms with Gasteiger partial charge in [-0.3, -0.25) is 9.59 Å². The number of piperazine rings is 1. The van der Waals surface area contributed by atoms with E-state index in [2.05, 4.69) is 5.92 Å². The average Bonchev–Trinajstić information content (AvgIpc) is 2.81. The van der Waals surface area contributed by atoms with Crippen molar-refractivity contribution in [2.24, 2.45) is 0 Å². The van der Waals surface area contributed by atoms with Crippen LogP contribution < -0.4 is 0 Å². The van der Waals surface area contributed by atoms with Gasteiger partial charge in [-0.1, -0.05) is 12.8 Å². The summed E-state index contributed by atoms with van der Waals surface area (Å²) in [5, 5.41) is 0. The fourth-order valence-corrected chi connectivity index (χ4v) is 2.83. The SMILES string of the molecule is C#CC(CC)N1C(=O)C2CCCN2C(=O)C1C. The first-order valence-corrected chi connectivity index (χ1v) is 6.20. The highest BCUT2D eigenvalue weighted by Gasteiger charge is 2.47. The third kappa shape index (κ3) is 1.70. The van der Waals surface area contributed by atoms with Crippen LogP contribution in [0.15, 0.2) is 0 Å². The molecule has 2 amide bonds. The van der Waals surface area contributed by atoms with Gasteiger partial charge in [0.2, 0.25) is 11.8 Å². The van der Waals surface area contributed by atoms with Crippen LogP contribution in [0, 0.1) is 12.3 Å². The molecule has 4 heteroatoms. The van der Waals surface area contributed by atoms with Crippen molar-refractivity contribution < 1.29 is 9.59 Å². The lowest BCUT2D eigenvalue weighted by Gasteiger charge is -2.43. The molecule has 17 heavy (non-hydrogen) atoms. The van der Waals surface area contributed by atoms with Crippen molar-refractivity contribution in [3.8, 4) is 12.3 Å². The van der Waals surface area contributed by atoms with Crippen molar-refractivity contribution in [2.75, 3.05) is 6.54 Å². The summed E-state index contributed by atoms with van der Waals surface area (Å²) < 4.78 is 0. The second-order valence-electron chi connectivity index (χ2n) is 4.70. The summed E-state index contributed by atoms with van der Waals surface area (Å²) in [5.74, 6) is 2.69. The highest BCUT2D eigenvalue weighted by molar-refractivity contribution is 5.97. The van der Waals surface area contributed by atoms with E-state index in [0.717, 1.165) is 12.8 Å². The van der Waals surface area contributed by atoms with Crippen molar-refractivity contribution >= 4 is 11.8 Å². The molecule has 0 radical (unpaired) electrons. The monoisotopic (exact) mass is 234 g/mol. The molecule has 0 spiro atoms. The summed E-state index contributed by atoms with van der Waals surface area (Å²) in [5.41, 5.74) is 0. The summed E-state index contributed by atoms with van der Waals surface area (Å²) in [6.07, 6.45) is 7.82. The van der Waals surface area contributed by atoms with Crippen LogP contribution >= 0.6 is 0 Å². The Hall–Kier alpha value is -1.50. The van der Waals surface area contributed by atoms with Crippen LogP contribution in [0.5, 0.6) is 0 Å². The Morgan fingerprint density at radius 2 is 2.18 bits per heavy atom. The molecule has 92 valence electrons. The summed E-state index contributed by atoms with van der Waals surface area (Å²) in [7, 11) is 0. The zero-order chi connectivity index (χ0) is 12.6. The molecule has 2 rings (SSSR count). The third-order valence-corrected chi connectivity index (χ3v) is 3.76. The molecule has 2 aliphatic heterocycles. The molecule has 0 aromatic carbocycles. The zero-order valence-electron chi connectivity index (χ0n) is 10.3. The van der Waals surface area contributed by atoms with Gasteiger partial charge in [-0.05, 0) is 26.2 Å². The average molecular weight is 234 g/mol. The normalized spacial score (nSPS) is 30.2. The Morgan fingerprint density at radius 1 is 1.47 bits per heavy atom. The fourth-order valence-electron chi connectivity index (χ4n) is 2.83. The highest BCUT2D eigenvalue weighted by atomic mass is 16.2. The van der Waals surface area contributed by atoms with Crippen LogP contribution in [0.1, 0.15) is 33.1 Å². The minimum atomic E-state index is -0.419. The molecule has 2 saturated heterocycles. The van der Waals surface area contributed by atoms with Crippen LogP contribution in [-0.2, 0) is 9.59 Å². The summed E-state index contributed by atoms with van der Waals surface area (Å²) in [6, 6.07) is -0.942. The maximum absolute atomic E-state index is 12.4. The van der Waals surface area contributed by atoms with Gasteiger partial charge >= 0.3 is 0 Å². The van der Waals surface area contributed by atoms with E-state index in [0.29, 0.717) is 13.0 Å². The predicted molar refractivity (Wildman–Crippen MR) is 64.0 cm³/mol. The van der Waals surface area contributed by atoms with Gasteiger partial charge in [0.05, 0.1) is 6.04 Å². The number of amides is 2. The molecule has 3 unspecified atom stereocenters. The van der Waals surface area contributed by atoms with E-state index in [1.54, 1.807) is 16.7 Å². The standard InChI is InChI=1S/C13H18N2O2/c1-4-10(5-2)15-9(3)12(16)14-8-6-7-11(14)13(15)17/h1,9-11H,5-8H2,2-3H3. The zero-order valence-corrected chi connectivity index (χ0v) is 10.3. The third-order valence-electron chi connectivity index (χ3n) is 3.76. The molecule has 2 aliphatic rings. The number of hydrogen-bond donors (Lipinski definition) is 0. The maximum atomic E-state index is 12.4. The topological polar surface area (TPSA) is 40.6 Å². The first-order chi connectivity index (χ1) is 8.11. The molecule has 0 aromatic heterocycles. The minimum absolute atomic E-state index is 0.0272. The quantitative estimate of drug-likeness (QED) is 0.657. The van der Waals surface area contributed by atoms with Crippen LogP contribution in [0.3, 0.4) is 0 Å². The lowest BCUT2D eigenvalue weighted by Crippen LogP contribution is -2.64. The van der Waals surface area contributed by atoms with Crippen LogP contribution in [0.4, 0.5) is 0 Å². The van der Waals surface area contributed by atoms with Gasteiger partial charge in [0.1, 0.15) is 12.1 Å². The summed E-state index contributed by atoms with van der Waals surface area (Å²) in [6.45, 7) is 4.42. The number of terminal acetylenes is 1. The molecular formula is C13H18N2O2. The molecule has 3 atom stereocenters. The number of carbonyl (C=O) groups is 2.